The summed E-state index contributed by atoms with van der Waals surface area (Å²) in [6.07, 6.45) is -1.95. The lowest BCUT2D eigenvalue weighted by Gasteiger charge is -2.42. The van der Waals surface area contributed by atoms with Gasteiger partial charge in [-0.3, -0.25) is 9.59 Å². The van der Waals surface area contributed by atoms with Crippen molar-refractivity contribution in [3.05, 3.63) is 0 Å². The number of halogens is 3. The van der Waals surface area contributed by atoms with E-state index in [9.17, 15) is 36.0 Å². The SMILES string of the molecule is CS(=O)(=O)N[C@H]1C[C@H]2CN(C(=O)NCC(F)(F)F)[C@@H](CNC(=O)C3CC3)C(=O)N2C1. The Morgan fingerprint density at radius 1 is 1.17 bits per heavy atom. The predicted octanol–water partition coefficient (Wildman–Crippen LogP) is -1.01. The van der Waals surface area contributed by atoms with Crippen molar-refractivity contribution >= 4 is 27.9 Å². The number of nitrogens with one attached hydrogen (secondary N) is 3. The van der Waals surface area contributed by atoms with E-state index in [0.717, 1.165) is 24.0 Å². The van der Waals surface area contributed by atoms with Crippen LogP contribution >= 0.6 is 0 Å². The van der Waals surface area contributed by atoms with E-state index in [4.69, 9.17) is 0 Å². The Hall–Kier alpha value is -2.09. The summed E-state index contributed by atoms with van der Waals surface area (Å²) in [5, 5.41) is 4.35. The largest absolute Gasteiger partial charge is 0.405 e. The fourth-order valence-electron chi connectivity index (χ4n) is 3.81. The minimum Gasteiger partial charge on any atom is -0.353 e. The summed E-state index contributed by atoms with van der Waals surface area (Å²) in [5.41, 5.74) is 0. The number of rotatable bonds is 6. The molecule has 3 N–H and O–H groups in total. The molecule has 0 unspecified atom stereocenters. The lowest BCUT2D eigenvalue weighted by molar-refractivity contribution is -0.142. The van der Waals surface area contributed by atoms with Crippen LogP contribution in [0.25, 0.3) is 0 Å². The Kier molecular flexibility index (Phi) is 6.18. The number of carbonyl (C=O) groups is 3. The molecule has 14 heteroatoms. The zero-order valence-electron chi connectivity index (χ0n) is 16.2. The van der Waals surface area contributed by atoms with Crippen LogP contribution < -0.4 is 15.4 Å². The Morgan fingerprint density at radius 3 is 2.40 bits per heavy atom. The topological polar surface area (TPSA) is 128 Å². The van der Waals surface area contributed by atoms with Gasteiger partial charge in [-0.25, -0.2) is 17.9 Å². The number of fused-ring (bicyclic) bond motifs is 1. The summed E-state index contributed by atoms with van der Waals surface area (Å²) in [5.74, 6) is -0.944. The van der Waals surface area contributed by atoms with Crippen LogP contribution in [-0.4, -0.2) is 92.8 Å². The molecular weight excluding hydrogens is 431 g/mol. The first-order chi connectivity index (χ1) is 13.8. The molecule has 0 spiro atoms. The molecule has 3 aliphatic rings. The van der Waals surface area contributed by atoms with Crippen LogP contribution in [0, 0.1) is 5.92 Å². The van der Waals surface area contributed by atoms with E-state index in [-0.39, 0.29) is 37.9 Å². The number of nitrogens with zero attached hydrogens (tertiary/aromatic N) is 2. The minimum absolute atomic E-state index is 0.0681. The maximum Gasteiger partial charge on any atom is 0.405 e. The van der Waals surface area contributed by atoms with Gasteiger partial charge in [0.2, 0.25) is 21.8 Å². The molecule has 0 aromatic rings. The lowest BCUT2D eigenvalue weighted by atomic mass is 10.1. The third kappa shape index (κ3) is 5.74. The van der Waals surface area contributed by atoms with Crippen molar-refractivity contribution in [2.24, 2.45) is 5.92 Å². The van der Waals surface area contributed by atoms with Crippen LogP contribution in [0.3, 0.4) is 0 Å². The molecule has 1 saturated carbocycles. The maximum absolute atomic E-state index is 13.0. The fourth-order valence-corrected chi connectivity index (χ4v) is 4.59. The molecule has 30 heavy (non-hydrogen) atoms. The third-order valence-electron chi connectivity index (χ3n) is 5.27. The highest BCUT2D eigenvalue weighted by Gasteiger charge is 2.48. The van der Waals surface area contributed by atoms with Gasteiger partial charge in [-0.1, -0.05) is 0 Å². The zero-order chi connectivity index (χ0) is 22.3. The Labute approximate surface area is 171 Å². The van der Waals surface area contributed by atoms with Crippen LogP contribution in [-0.2, 0) is 19.6 Å². The van der Waals surface area contributed by atoms with Crippen LogP contribution in [0.5, 0.6) is 0 Å². The van der Waals surface area contributed by atoms with E-state index in [0.29, 0.717) is 0 Å². The van der Waals surface area contributed by atoms with Gasteiger partial charge in [-0.05, 0) is 19.3 Å². The number of sulfonamides is 1. The van der Waals surface area contributed by atoms with Gasteiger partial charge in [-0.15, -0.1) is 0 Å². The van der Waals surface area contributed by atoms with Crippen molar-refractivity contribution in [3.8, 4) is 0 Å². The second-order valence-corrected chi connectivity index (χ2v) is 9.71. The lowest BCUT2D eigenvalue weighted by Crippen LogP contribution is -2.65. The first kappa shape index (κ1) is 22.6. The van der Waals surface area contributed by atoms with Crippen molar-refractivity contribution in [3.63, 3.8) is 0 Å². The summed E-state index contributed by atoms with van der Waals surface area (Å²) >= 11 is 0. The average Bonchev–Trinajstić information content (AvgIpc) is 3.38. The molecule has 3 fully saturated rings. The van der Waals surface area contributed by atoms with Gasteiger partial charge in [0, 0.05) is 31.6 Å². The second kappa shape index (κ2) is 8.21. The average molecular weight is 455 g/mol. The highest BCUT2D eigenvalue weighted by Crippen LogP contribution is 2.29. The summed E-state index contributed by atoms with van der Waals surface area (Å²) in [6, 6.07) is -3.34. The van der Waals surface area contributed by atoms with Crippen LogP contribution in [0.4, 0.5) is 18.0 Å². The van der Waals surface area contributed by atoms with E-state index < -0.39 is 52.8 Å². The normalized spacial score (nSPS) is 27.1. The number of amides is 4. The fraction of sp³-hybridized carbons (Fsp3) is 0.812. The smallest absolute Gasteiger partial charge is 0.353 e. The number of carbonyl (C=O) groups excluding carboxylic acids is 3. The van der Waals surface area contributed by atoms with Crippen molar-refractivity contribution < 1.29 is 36.0 Å². The molecule has 0 radical (unpaired) electrons. The first-order valence-corrected chi connectivity index (χ1v) is 11.4. The monoisotopic (exact) mass is 455 g/mol. The second-order valence-electron chi connectivity index (χ2n) is 7.93. The predicted molar refractivity (Wildman–Crippen MR) is 97.6 cm³/mol. The standard InChI is InChI=1S/C16H24F3N5O5S/c1-30(28,29)22-10-4-11-7-24(15(27)21-8-16(17,18)19)12(14(26)23(11)6-10)5-20-13(25)9-2-3-9/h9-12,22H,2-8H2,1H3,(H,20,25)(H,21,27)/t10-,11-,12-/m0/s1. The molecular formula is C16H24F3N5O5S. The van der Waals surface area contributed by atoms with Gasteiger partial charge in [-0.2, -0.15) is 13.2 Å². The molecule has 3 atom stereocenters. The summed E-state index contributed by atoms with van der Waals surface area (Å²) in [7, 11) is -3.52. The van der Waals surface area contributed by atoms with Gasteiger partial charge in [0.15, 0.2) is 0 Å². The Bertz CT molecular complexity index is 817. The van der Waals surface area contributed by atoms with Gasteiger partial charge in [0.05, 0.1) is 12.3 Å². The number of piperazine rings is 1. The van der Waals surface area contributed by atoms with E-state index in [1.165, 1.54) is 4.90 Å². The van der Waals surface area contributed by atoms with Crippen molar-refractivity contribution in [1.29, 1.82) is 0 Å². The molecule has 0 bridgehead atoms. The minimum atomic E-state index is -4.62. The van der Waals surface area contributed by atoms with E-state index in [2.05, 4.69) is 10.0 Å². The number of hydrogen-bond donors (Lipinski definition) is 3. The van der Waals surface area contributed by atoms with Crippen molar-refractivity contribution in [2.75, 3.05) is 32.4 Å². The summed E-state index contributed by atoms with van der Waals surface area (Å²) in [4.78, 5) is 39.8. The molecule has 2 aliphatic heterocycles. The molecule has 10 nitrogen and oxygen atoms in total. The van der Waals surface area contributed by atoms with Crippen LogP contribution in [0.2, 0.25) is 0 Å². The highest BCUT2D eigenvalue weighted by atomic mass is 32.2. The van der Waals surface area contributed by atoms with E-state index >= 15 is 0 Å². The molecule has 0 aromatic heterocycles. The van der Waals surface area contributed by atoms with Gasteiger partial charge < -0.3 is 20.4 Å². The molecule has 3 rings (SSSR count). The molecule has 170 valence electrons. The van der Waals surface area contributed by atoms with Crippen molar-refractivity contribution in [2.45, 2.75) is 43.6 Å². The van der Waals surface area contributed by atoms with Gasteiger partial charge >= 0.3 is 12.2 Å². The number of urea groups is 1. The number of hydrogen-bond acceptors (Lipinski definition) is 5. The number of alkyl halides is 3. The summed E-state index contributed by atoms with van der Waals surface area (Å²) in [6.45, 7) is -1.76. The Balaban J connectivity index is 1.73. The maximum atomic E-state index is 13.0. The summed E-state index contributed by atoms with van der Waals surface area (Å²) < 4.78 is 62.9. The molecule has 4 amide bonds. The molecule has 0 aromatic carbocycles. The molecule has 1 aliphatic carbocycles. The zero-order valence-corrected chi connectivity index (χ0v) is 17.1. The van der Waals surface area contributed by atoms with Crippen LogP contribution in [0.15, 0.2) is 0 Å². The van der Waals surface area contributed by atoms with Gasteiger partial charge in [0.1, 0.15) is 12.6 Å². The first-order valence-electron chi connectivity index (χ1n) is 9.51. The highest BCUT2D eigenvalue weighted by molar-refractivity contribution is 7.88. The molecule has 2 saturated heterocycles. The van der Waals surface area contributed by atoms with E-state index in [1.54, 1.807) is 5.32 Å². The quantitative estimate of drug-likeness (QED) is 0.473. The van der Waals surface area contributed by atoms with Crippen molar-refractivity contribution in [1.82, 2.24) is 25.2 Å². The van der Waals surface area contributed by atoms with E-state index in [1.807, 2.05) is 0 Å². The third-order valence-corrected chi connectivity index (χ3v) is 6.03. The molecule has 2 heterocycles. The van der Waals surface area contributed by atoms with Crippen LogP contribution in [0.1, 0.15) is 19.3 Å². The Morgan fingerprint density at radius 2 is 1.83 bits per heavy atom. The van der Waals surface area contributed by atoms with Gasteiger partial charge in [0.25, 0.3) is 0 Å².